The molecule has 0 atom stereocenters. The fourth-order valence-electron chi connectivity index (χ4n) is 1.75. The maximum atomic E-state index is 11.1. The van der Waals surface area contributed by atoms with E-state index in [1.54, 1.807) is 0 Å². The Kier molecular flexibility index (Phi) is 4.02. The zero-order valence-electron chi connectivity index (χ0n) is 10.4. The van der Waals surface area contributed by atoms with E-state index < -0.39 is 5.97 Å². The number of carbonyl (C=O) groups is 1. The second kappa shape index (κ2) is 5.71. The number of rotatable bonds is 4. The first-order chi connectivity index (χ1) is 9.06. The van der Waals surface area contributed by atoms with Crippen LogP contribution >= 0.6 is 11.6 Å². The van der Waals surface area contributed by atoms with Gasteiger partial charge in [-0.15, -0.1) is 0 Å². The van der Waals surface area contributed by atoms with Gasteiger partial charge in [0, 0.05) is 6.54 Å². The number of nitrogens with zero attached hydrogens (tertiary/aromatic N) is 1. The summed E-state index contributed by atoms with van der Waals surface area (Å²) in [6, 6.07) is 10.8. The van der Waals surface area contributed by atoms with E-state index in [2.05, 4.69) is 10.3 Å². The Morgan fingerprint density at radius 2 is 2.16 bits per heavy atom. The Bertz CT molecular complexity index is 614. The van der Waals surface area contributed by atoms with Crippen molar-refractivity contribution in [2.45, 2.75) is 13.5 Å². The van der Waals surface area contributed by atoms with E-state index >= 15 is 0 Å². The molecule has 19 heavy (non-hydrogen) atoms. The molecule has 4 nitrogen and oxygen atoms in total. The molecule has 1 aromatic heterocycles. The van der Waals surface area contributed by atoms with Gasteiger partial charge in [-0.3, -0.25) is 0 Å². The van der Waals surface area contributed by atoms with Crippen molar-refractivity contribution in [3.63, 3.8) is 0 Å². The summed E-state index contributed by atoms with van der Waals surface area (Å²) in [6.45, 7) is 2.50. The molecule has 0 amide bonds. The highest BCUT2D eigenvalue weighted by atomic mass is 35.5. The van der Waals surface area contributed by atoms with Gasteiger partial charge >= 0.3 is 5.97 Å². The fourth-order valence-corrected chi connectivity index (χ4v) is 1.90. The summed E-state index contributed by atoms with van der Waals surface area (Å²) >= 11 is 5.78. The quantitative estimate of drug-likeness (QED) is 0.841. The highest BCUT2D eigenvalue weighted by Crippen LogP contribution is 2.17. The molecule has 0 aliphatic heterocycles. The predicted octanol–water partition coefficient (Wildman–Crippen LogP) is 3.35. The minimum Gasteiger partial charge on any atom is -0.478 e. The van der Waals surface area contributed by atoms with Gasteiger partial charge in [0.25, 0.3) is 0 Å². The number of hydrogen-bond donors (Lipinski definition) is 2. The molecule has 98 valence electrons. The van der Waals surface area contributed by atoms with Crippen LogP contribution in [0.5, 0.6) is 0 Å². The maximum absolute atomic E-state index is 11.1. The molecule has 2 N–H and O–H groups in total. The molecule has 0 radical (unpaired) electrons. The van der Waals surface area contributed by atoms with Gasteiger partial charge in [-0.1, -0.05) is 41.4 Å². The van der Waals surface area contributed by atoms with Crippen molar-refractivity contribution in [2.75, 3.05) is 5.32 Å². The van der Waals surface area contributed by atoms with Crippen LogP contribution in [-0.4, -0.2) is 16.1 Å². The third-order valence-corrected chi connectivity index (χ3v) is 2.84. The molecular weight excluding hydrogens is 264 g/mol. The van der Waals surface area contributed by atoms with Crippen LogP contribution in [0.4, 0.5) is 5.82 Å². The molecule has 0 bridgehead atoms. The number of hydrogen-bond acceptors (Lipinski definition) is 3. The Morgan fingerprint density at radius 1 is 1.37 bits per heavy atom. The van der Waals surface area contributed by atoms with Crippen molar-refractivity contribution < 1.29 is 9.90 Å². The van der Waals surface area contributed by atoms with Crippen LogP contribution in [0.3, 0.4) is 0 Å². The van der Waals surface area contributed by atoms with Gasteiger partial charge in [0.05, 0.1) is 0 Å². The first-order valence-electron chi connectivity index (χ1n) is 5.75. The fraction of sp³-hybridized carbons (Fsp3) is 0.143. The number of benzene rings is 1. The first-order valence-corrected chi connectivity index (χ1v) is 6.13. The lowest BCUT2D eigenvalue weighted by atomic mass is 10.1. The lowest BCUT2D eigenvalue weighted by Crippen LogP contribution is -2.08. The molecule has 1 heterocycles. The lowest BCUT2D eigenvalue weighted by Gasteiger charge is -2.09. The van der Waals surface area contributed by atoms with E-state index in [1.165, 1.54) is 12.1 Å². The van der Waals surface area contributed by atoms with Crippen LogP contribution in [0.2, 0.25) is 5.15 Å². The smallest absolute Gasteiger partial charge is 0.339 e. The summed E-state index contributed by atoms with van der Waals surface area (Å²) in [6.07, 6.45) is 0. The van der Waals surface area contributed by atoms with Gasteiger partial charge in [0.2, 0.25) is 0 Å². The van der Waals surface area contributed by atoms with Crippen molar-refractivity contribution >= 4 is 23.4 Å². The minimum absolute atomic E-state index is 0.108. The van der Waals surface area contributed by atoms with E-state index in [1.807, 2.05) is 31.2 Å². The van der Waals surface area contributed by atoms with Crippen LogP contribution in [0.15, 0.2) is 36.4 Å². The van der Waals surface area contributed by atoms with Gasteiger partial charge in [-0.25, -0.2) is 9.78 Å². The molecule has 0 aliphatic carbocycles. The monoisotopic (exact) mass is 276 g/mol. The molecule has 5 heteroatoms. The SMILES string of the molecule is Cc1cccc(CNc2nc(Cl)ccc2C(=O)O)c1. The zero-order valence-corrected chi connectivity index (χ0v) is 11.1. The average Bonchev–Trinajstić information content (AvgIpc) is 2.36. The molecule has 2 aromatic rings. The van der Waals surface area contributed by atoms with Gasteiger partial charge in [0.15, 0.2) is 0 Å². The van der Waals surface area contributed by atoms with Crippen molar-refractivity contribution in [3.8, 4) is 0 Å². The van der Waals surface area contributed by atoms with Crippen LogP contribution in [0, 0.1) is 6.92 Å². The number of anilines is 1. The number of carboxylic acid groups (broad SMARTS) is 1. The standard InChI is InChI=1S/C14H13ClN2O2/c1-9-3-2-4-10(7-9)8-16-13-11(14(18)19)5-6-12(15)17-13/h2-7H,8H2,1H3,(H,16,17)(H,18,19). The Labute approximate surface area is 116 Å². The molecule has 0 aliphatic rings. The Balaban J connectivity index is 2.19. The van der Waals surface area contributed by atoms with Crippen LogP contribution in [-0.2, 0) is 6.54 Å². The second-order valence-corrected chi connectivity index (χ2v) is 4.57. The van der Waals surface area contributed by atoms with E-state index in [0.29, 0.717) is 6.54 Å². The topological polar surface area (TPSA) is 62.2 Å². The van der Waals surface area contributed by atoms with E-state index in [-0.39, 0.29) is 16.5 Å². The number of aromatic nitrogens is 1. The summed E-state index contributed by atoms with van der Waals surface area (Å²) in [5, 5.41) is 12.3. The molecule has 0 fully saturated rings. The normalized spacial score (nSPS) is 10.2. The van der Waals surface area contributed by atoms with E-state index in [0.717, 1.165) is 11.1 Å². The lowest BCUT2D eigenvalue weighted by molar-refractivity contribution is 0.0697. The number of halogens is 1. The van der Waals surface area contributed by atoms with Gasteiger partial charge in [0.1, 0.15) is 16.5 Å². The van der Waals surface area contributed by atoms with Gasteiger partial charge < -0.3 is 10.4 Å². The predicted molar refractivity (Wildman–Crippen MR) is 74.7 cm³/mol. The summed E-state index contributed by atoms with van der Waals surface area (Å²) in [4.78, 5) is 15.1. The summed E-state index contributed by atoms with van der Waals surface area (Å²) < 4.78 is 0. The zero-order chi connectivity index (χ0) is 13.8. The summed E-state index contributed by atoms with van der Waals surface area (Å²) in [5.41, 5.74) is 2.31. The number of carboxylic acids is 1. The molecule has 2 rings (SSSR count). The van der Waals surface area contributed by atoms with Crippen LogP contribution < -0.4 is 5.32 Å². The molecular formula is C14H13ClN2O2. The van der Waals surface area contributed by atoms with Crippen molar-refractivity contribution in [2.24, 2.45) is 0 Å². The minimum atomic E-state index is -1.03. The van der Waals surface area contributed by atoms with Crippen molar-refractivity contribution in [3.05, 3.63) is 58.2 Å². The average molecular weight is 277 g/mol. The largest absolute Gasteiger partial charge is 0.478 e. The second-order valence-electron chi connectivity index (χ2n) is 4.18. The Morgan fingerprint density at radius 3 is 2.84 bits per heavy atom. The summed E-state index contributed by atoms with van der Waals surface area (Å²) in [7, 11) is 0. The third kappa shape index (κ3) is 3.45. The third-order valence-electron chi connectivity index (χ3n) is 2.63. The van der Waals surface area contributed by atoms with Crippen molar-refractivity contribution in [1.29, 1.82) is 0 Å². The van der Waals surface area contributed by atoms with Crippen molar-refractivity contribution in [1.82, 2.24) is 4.98 Å². The number of pyridine rings is 1. The van der Waals surface area contributed by atoms with Gasteiger partial charge in [-0.05, 0) is 24.6 Å². The number of nitrogens with one attached hydrogen (secondary N) is 1. The maximum Gasteiger partial charge on any atom is 0.339 e. The molecule has 0 spiro atoms. The van der Waals surface area contributed by atoms with E-state index in [9.17, 15) is 4.79 Å². The van der Waals surface area contributed by atoms with E-state index in [4.69, 9.17) is 16.7 Å². The van der Waals surface area contributed by atoms with Crippen LogP contribution in [0.1, 0.15) is 21.5 Å². The highest BCUT2D eigenvalue weighted by molar-refractivity contribution is 6.29. The molecule has 0 unspecified atom stereocenters. The van der Waals surface area contributed by atoms with Gasteiger partial charge in [-0.2, -0.15) is 0 Å². The molecule has 0 saturated heterocycles. The van der Waals surface area contributed by atoms with Crippen LogP contribution in [0.25, 0.3) is 0 Å². The number of aromatic carboxylic acids is 1. The number of aryl methyl sites for hydroxylation is 1. The Hall–Kier alpha value is -2.07. The molecule has 0 saturated carbocycles. The molecule has 1 aromatic carbocycles. The first kappa shape index (κ1) is 13.4. The summed E-state index contributed by atoms with van der Waals surface area (Å²) in [5.74, 6) is -0.752. The highest BCUT2D eigenvalue weighted by Gasteiger charge is 2.11.